The number of benzene rings is 1. The average Bonchev–Trinajstić information content (AvgIpc) is 2.61. The van der Waals surface area contributed by atoms with E-state index in [4.69, 9.17) is 4.74 Å². The van der Waals surface area contributed by atoms with Crippen LogP contribution in [-0.2, 0) is 0 Å². The second kappa shape index (κ2) is 3.18. The molecule has 0 spiro atoms. The predicted molar refractivity (Wildman–Crippen MR) is 55.0 cm³/mol. The van der Waals surface area contributed by atoms with Gasteiger partial charge in [0.1, 0.15) is 5.75 Å². The summed E-state index contributed by atoms with van der Waals surface area (Å²) in [4.78, 5) is 13.8. The van der Waals surface area contributed by atoms with Gasteiger partial charge in [0.25, 0.3) is 0 Å². The number of aryl methyl sites for hydroxylation is 1. The number of methoxy groups -OCH3 is 1. The molecule has 0 aliphatic carbocycles. The minimum absolute atomic E-state index is 0.669. The predicted octanol–water partition coefficient (Wildman–Crippen LogP) is 2.30. The molecule has 0 fully saturated rings. The van der Waals surface area contributed by atoms with Crippen LogP contribution in [0.1, 0.15) is 15.9 Å². The molecule has 2 aromatic rings. The van der Waals surface area contributed by atoms with E-state index in [1.807, 2.05) is 19.1 Å². The van der Waals surface area contributed by atoms with Crippen LogP contribution >= 0.6 is 0 Å². The van der Waals surface area contributed by atoms with Crippen LogP contribution in [0.15, 0.2) is 18.3 Å². The molecule has 0 amide bonds. The number of aldehydes is 1. The molecule has 0 aliphatic heterocycles. The number of H-pyrrole nitrogens is 1. The van der Waals surface area contributed by atoms with Crippen LogP contribution in [-0.4, -0.2) is 18.4 Å². The third kappa shape index (κ3) is 1.18. The van der Waals surface area contributed by atoms with Gasteiger partial charge in [-0.3, -0.25) is 4.79 Å². The van der Waals surface area contributed by atoms with Crippen molar-refractivity contribution in [3.8, 4) is 5.75 Å². The maximum atomic E-state index is 10.7. The summed E-state index contributed by atoms with van der Waals surface area (Å²) in [5, 5.41) is 0.914. The lowest BCUT2D eigenvalue weighted by atomic mass is 10.1. The molecule has 0 radical (unpaired) electrons. The zero-order valence-corrected chi connectivity index (χ0v) is 8.13. The van der Waals surface area contributed by atoms with Crippen molar-refractivity contribution in [1.82, 2.24) is 4.98 Å². The smallest absolute Gasteiger partial charge is 0.152 e. The van der Waals surface area contributed by atoms with Crippen molar-refractivity contribution in [2.24, 2.45) is 0 Å². The number of ether oxygens (including phenoxy) is 1. The van der Waals surface area contributed by atoms with Crippen LogP contribution in [0.4, 0.5) is 0 Å². The minimum atomic E-state index is 0.669. The Bertz CT molecular complexity index is 485. The number of hydrogen-bond donors (Lipinski definition) is 1. The topological polar surface area (TPSA) is 42.1 Å². The molecule has 1 aromatic carbocycles. The van der Waals surface area contributed by atoms with Crippen molar-refractivity contribution in [2.75, 3.05) is 7.11 Å². The molecule has 0 bridgehead atoms. The molecule has 14 heavy (non-hydrogen) atoms. The number of carbonyl (C=O) groups is 1. The van der Waals surface area contributed by atoms with Gasteiger partial charge in [-0.05, 0) is 24.6 Å². The Hall–Kier alpha value is -1.77. The van der Waals surface area contributed by atoms with E-state index >= 15 is 0 Å². The molecular weight excluding hydrogens is 178 g/mol. The Morgan fingerprint density at radius 2 is 2.21 bits per heavy atom. The van der Waals surface area contributed by atoms with E-state index in [9.17, 15) is 4.79 Å². The molecule has 2 rings (SSSR count). The van der Waals surface area contributed by atoms with Gasteiger partial charge in [0.05, 0.1) is 7.11 Å². The summed E-state index contributed by atoms with van der Waals surface area (Å²) in [6.45, 7) is 1.98. The summed E-state index contributed by atoms with van der Waals surface area (Å²) in [6.07, 6.45) is 2.56. The standard InChI is InChI=1S/C11H11NO2/c1-7-3-9(14-2)4-10-8(6-13)5-12-11(7)10/h3-6,12H,1-2H3. The highest BCUT2D eigenvalue weighted by atomic mass is 16.5. The average molecular weight is 189 g/mol. The highest BCUT2D eigenvalue weighted by Crippen LogP contribution is 2.26. The van der Waals surface area contributed by atoms with Gasteiger partial charge in [0.15, 0.2) is 6.29 Å². The highest BCUT2D eigenvalue weighted by molar-refractivity contribution is 5.99. The largest absolute Gasteiger partial charge is 0.497 e. The third-order valence-electron chi connectivity index (χ3n) is 2.35. The van der Waals surface area contributed by atoms with Crippen LogP contribution in [0.3, 0.4) is 0 Å². The van der Waals surface area contributed by atoms with Crippen molar-refractivity contribution in [3.63, 3.8) is 0 Å². The van der Waals surface area contributed by atoms with E-state index in [0.717, 1.165) is 28.5 Å². The number of carbonyl (C=O) groups excluding carboxylic acids is 1. The zero-order chi connectivity index (χ0) is 10.1. The summed E-state index contributed by atoms with van der Waals surface area (Å²) in [5.41, 5.74) is 2.74. The fourth-order valence-corrected chi connectivity index (χ4v) is 1.62. The monoisotopic (exact) mass is 189 g/mol. The SMILES string of the molecule is COc1cc(C)c2[nH]cc(C=O)c2c1. The second-order valence-corrected chi connectivity index (χ2v) is 3.23. The van der Waals surface area contributed by atoms with E-state index in [0.29, 0.717) is 5.56 Å². The quantitative estimate of drug-likeness (QED) is 0.736. The van der Waals surface area contributed by atoms with Gasteiger partial charge in [-0.2, -0.15) is 0 Å². The maximum Gasteiger partial charge on any atom is 0.152 e. The van der Waals surface area contributed by atoms with E-state index in [1.165, 1.54) is 0 Å². The van der Waals surface area contributed by atoms with Crippen LogP contribution in [0.5, 0.6) is 5.75 Å². The Morgan fingerprint density at radius 1 is 1.43 bits per heavy atom. The molecule has 1 heterocycles. The molecule has 0 aliphatic rings. The summed E-state index contributed by atoms with van der Waals surface area (Å²) < 4.78 is 5.14. The Morgan fingerprint density at radius 3 is 2.86 bits per heavy atom. The van der Waals surface area contributed by atoms with Crippen molar-refractivity contribution >= 4 is 17.2 Å². The van der Waals surface area contributed by atoms with Crippen LogP contribution in [0.25, 0.3) is 10.9 Å². The number of nitrogens with one attached hydrogen (secondary N) is 1. The lowest BCUT2D eigenvalue weighted by molar-refractivity contribution is 0.112. The van der Waals surface area contributed by atoms with Gasteiger partial charge in [-0.1, -0.05) is 0 Å². The first-order valence-electron chi connectivity index (χ1n) is 4.37. The zero-order valence-electron chi connectivity index (χ0n) is 8.13. The molecule has 0 saturated heterocycles. The lowest BCUT2D eigenvalue weighted by Crippen LogP contribution is -1.85. The van der Waals surface area contributed by atoms with Crippen molar-refractivity contribution in [1.29, 1.82) is 0 Å². The molecule has 0 atom stereocenters. The van der Waals surface area contributed by atoms with E-state index < -0.39 is 0 Å². The number of aromatic amines is 1. The molecular formula is C11H11NO2. The first-order chi connectivity index (χ1) is 6.76. The molecule has 3 heteroatoms. The number of fused-ring (bicyclic) bond motifs is 1. The van der Waals surface area contributed by atoms with Crippen molar-refractivity contribution in [3.05, 3.63) is 29.5 Å². The summed E-state index contributed by atoms with van der Waals surface area (Å²) in [7, 11) is 1.62. The van der Waals surface area contributed by atoms with Gasteiger partial charge in [-0.25, -0.2) is 0 Å². The van der Waals surface area contributed by atoms with Gasteiger partial charge >= 0.3 is 0 Å². The van der Waals surface area contributed by atoms with Crippen LogP contribution in [0, 0.1) is 6.92 Å². The normalized spacial score (nSPS) is 10.4. The number of hydrogen-bond acceptors (Lipinski definition) is 2. The first-order valence-corrected chi connectivity index (χ1v) is 4.37. The fraction of sp³-hybridized carbons (Fsp3) is 0.182. The van der Waals surface area contributed by atoms with Crippen molar-refractivity contribution < 1.29 is 9.53 Å². The molecule has 1 aromatic heterocycles. The number of rotatable bonds is 2. The van der Waals surface area contributed by atoms with Crippen molar-refractivity contribution in [2.45, 2.75) is 6.92 Å². The molecule has 0 saturated carbocycles. The Balaban J connectivity index is 2.79. The van der Waals surface area contributed by atoms with Gasteiger partial charge in [0.2, 0.25) is 0 Å². The Kier molecular flexibility index (Phi) is 2.00. The van der Waals surface area contributed by atoms with Gasteiger partial charge < -0.3 is 9.72 Å². The highest BCUT2D eigenvalue weighted by Gasteiger charge is 2.06. The van der Waals surface area contributed by atoms with Crippen LogP contribution in [0.2, 0.25) is 0 Å². The van der Waals surface area contributed by atoms with Gasteiger partial charge in [0, 0.05) is 22.7 Å². The molecule has 1 N–H and O–H groups in total. The van der Waals surface area contributed by atoms with Crippen LogP contribution < -0.4 is 4.74 Å². The van der Waals surface area contributed by atoms with E-state index in [1.54, 1.807) is 13.3 Å². The van der Waals surface area contributed by atoms with E-state index in [-0.39, 0.29) is 0 Å². The van der Waals surface area contributed by atoms with E-state index in [2.05, 4.69) is 4.98 Å². The summed E-state index contributed by atoms with van der Waals surface area (Å²) in [5.74, 6) is 0.776. The Labute approximate surface area is 81.7 Å². The first kappa shape index (κ1) is 8.81. The lowest BCUT2D eigenvalue weighted by Gasteiger charge is -2.02. The summed E-state index contributed by atoms with van der Waals surface area (Å²) in [6, 6.07) is 3.80. The molecule has 3 nitrogen and oxygen atoms in total. The molecule has 72 valence electrons. The molecule has 0 unspecified atom stereocenters. The number of aromatic nitrogens is 1. The third-order valence-corrected chi connectivity index (χ3v) is 2.35. The fourth-order valence-electron chi connectivity index (χ4n) is 1.62. The van der Waals surface area contributed by atoms with Gasteiger partial charge in [-0.15, -0.1) is 0 Å². The maximum absolute atomic E-state index is 10.7. The summed E-state index contributed by atoms with van der Waals surface area (Å²) >= 11 is 0. The minimum Gasteiger partial charge on any atom is -0.497 e. The second-order valence-electron chi connectivity index (χ2n) is 3.23.